The van der Waals surface area contributed by atoms with Crippen LogP contribution in [-0.4, -0.2) is 31.1 Å². The summed E-state index contributed by atoms with van der Waals surface area (Å²) in [6, 6.07) is 12.5. The molecule has 0 aliphatic rings. The molecule has 0 aliphatic carbocycles. The van der Waals surface area contributed by atoms with Gasteiger partial charge in [0.25, 0.3) is 0 Å². The summed E-state index contributed by atoms with van der Waals surface area (Å²) in [4.78, 5) is 25.0. The molecule has 0 aliphatic heterocycles. The summed E-state index contributed by atoms with van der Waals surface area (Å²) < 4.78 is 18.5. The zero-order chi connectivity index (χ0) is 22.0. The molecule has 0 saturated carbocycles. The third-order valence-corrected chi connectivity index (χ3v) is 5.54. The highest BCUT2D eigenvalue weighted by Gasteiger charge is 2.14. The number of rotatable bonds is 6. The zero-order valence-corrected chi connectivity index (χ0v) is 17.1. The molecular formula is C22H16FN3O4S. The highest BCUT2D eigenvalue weighted by Crippen LogP contribution is 2.32. The van der Waals surface area contributed by atoms with Crippen LogP contribution in [-0.2, 0) is 6.61 Å². The van der Waals surface area contributed by atoms with Crippen LogP contribution in [0.3, 0.4) is 0 Å². The van der Waals surface area contributed by atoms with E-state index in [0.29, 0.717) is 27.8 Å². The average molecular weight is 437 g/mol. The van der Waals surface area contributed by atoms with Gasteiger partial charge in [-0.25, -0.2) is 24.1 Å². The number of nitrogens with zero attached hydrogens (tertiary/aromatic N) is 3. The van der Waals surface area contributed by atoms with Crippen LogP contribution in [0.5, 0.6) is 11.6 Å². The normalized spacial score (nSPS) is 10.8. The highest BCUT2D eigenvalue weighted by atomic mass is 32.1. The predicted octanol–water partition coefficient (Wildman–Crippen LogP) is 4.70. The molecule has 0 unspecified atom stereocenters. The molecular weight excluding hydrogens is 421 g/mol. The van der Waals surface area contributed by atoms with Crippen molar-refractivity contribution < 1.29 is 24.1 Å². The quantitative estimate of drug-likeness (QED) is 0.450. The minimum atomic E-state index is -1.20. The molecule has 0 radical (unpaired) electrons. The monoisotopic (exact) mass is 437 g/mol. The van der Waals surface area contributed by atoms with Gasteiger partial charge in [-0.05, 0) is 37.3 Å². The summed E-state index contributed by atoms with van der Waals surface area (Å²) in [6.45, 7) is 2.06. The van der Waals surface area contributed by atoms with Crippen LogP contribution in [0.1, 0.15) is 21.1 Å². The van der Waals surface area contributed by atoms with E-state index in [1.807, 2.05) is 19.1 Å². The van der Waals surface area contributed by atoms with Crippen molar-refractivity contribution in [3.8, 4) is 33.5 Å². The third-order valence-electron chi connectivity index (χ3n) is 4.39. The molecule has 0 spiro atoms. The van der Waals surface area contributed by atoms with Gasteiger partial charge in [0.05, 0.1) is 28.2 Å². The second kappa shape index (κ2) is 8.49. The predicted molar refractivity (Wildman–Crippen MR) is 113 cm³/mol. The zero-order valence-electron chi connectivity index (χ0n) is 16.2. The van der Waals surface area contributed by atoms with E-state index in [-0.39, 0.29) is 17.9 Å². The number of carboxylic acids is 1. The molecule has 7 nitrogen and oxygen atoms in total. The lowest BCUT2D eigenvalue weighted by molar-refractivity contribution is 0.0693. The maximum atomic E-state index is 13.0. The molecule has 1 aromatic carbocycles. The number of carbonyl (C=O) groups is 1. The number of aryl methyl sites for hydroxylation is 1. The fourth-order valence-electron chi connectivity index (χ4n) is 2.93. The number of ether oxygens (including phenoxy) is 1. The Morgan fingerprint density at radius 1 is 1.13 bits per heavy atom. The fraction of sp³-hybridized carbons (Fsp3) is 0.0909. The first kappa shape index (κ1) is 20.4. The van der Waals surface area contributed by atoms with Crippen molar-refractivity contribution >= 4 is 17.3 Å². The number of thiazole rings is 1. The van der Waals surface area contributed by atoms with E-state index in [4.69, 9.17) is 9.84 Å². The van der Waals surface area contributed by atoms with Gasteiger partial charge in [-0.2, -0.15) is 0 Å². The summed E-state index contributed by atoms with van der Waals surface area (Å²) in [6.07, 6.45) is 1.09. The number of phenols is 1. The Bertz CT molecular complexity index is 1260. The lowest BCUT2D eigenvalue weighted by Gasteiger charge is -2.06. The van der Waals surface area contributed by atoms with E-state index in [1.54, 1.807) is 12.1 Å². The molecule has 0 bridgehead atoms. The van der Waals surface area contributed by atoms with Crippen molar-refractivity contribution in [3.05, 3.63) is 76.8 Å². The molecule has 0 amide bonds. The van der Waals surface area contributed by atoms with Gasteiger partial charge in [0.1, 0.15) is 28.7 Å². The number of hydrogen-bond donors (Lipinski definition) is 2. The molecule has 4 rings (SSSR count). The van der Waals surface area contributed by atoms with Gasteiger partial charge in [0.15, 0.2) is 0 Å². The first-order valence-electron chi connectivity index (χ1n) is 9.15. The number of aromatic carboxylic acids is 1. The second-order valence-corrected chi connectivity index (χ2v) is 7.65. The number of aromatic nitrogens is 3. The second-order valence-electron chi connectivity index (χ2n) is 6.57. The Morgan fingerprint density at radius 3 is 2.65 bits per heavy atom. The first-order valence-corrected chi connectivity index (χ1v) is 9.97. The van der Waals surface area contributed by atoms with Crippen molar-refractivity contribution in [3.63, 3.8) is 0 Å². The van der Waals surface area contributed by atoms with E-state index >= 15 is 0 Å². The maximum absolute atomic E-state index is 13.0. The van der Waals surface area contributed by atoms with Crippen LogP contribution >= 0.6 is 11.3 Å². The molecule has 31 heavy (non-hydrogen) atoms. The van der Waals surface area contributed by atoms with Gasteiger partial charge in [-0.1, -0.05) is 12.1 Å². The van der Waals surface area contributed by atoms with Crippen LogP contribution in [0.25, 0.3) is 21.8 Å². The maximum Gasteiger partial charge on any atom is 0.339 e. The summed E-state index contributed by atoms with van der Waals surface area (Å²) in [5, 5.41) is 19.8. The van der Waals surface area contributed by atoms with Crippen molar-refractivity contribution in [2.45, 2.75) is 13.5 Å². The molecule has 0 atom stereocenters. The van der Waals surface area contributed by atoms with Crippen LogP contribution < -0.4 is 4.74 Å². The molecule has 156 valence electrons. The van der Waals surface area contributed by atoms with Crippen molar-refractivity contribution in [2.75, 3.05) is 0 Å². The molecule has 0 saturated heterocycles. The summed E-state index contributed by atoms with van der Waals surface area (Å²) in [5.41, 5.74) is 2.49. The van der Waals surface area contributed by atoms with E-state index in [0.717, 1.165) is 16.8 Å². The lowest BCUT2D eigenvalue weighted by atomic mass is 10.1. The van der Waals surface area contributed by atoms with Gasteiger partial charge in [0, 0.05) is 11.6 Å². The average Bonchev–Trinajstić information content (AvgIpc) is 3.13. The van der Waals surface area contributed by atoms with Gasteiger partial charge in [0.2, 0.25) is 5.88 Å². The van der Waals surface area contributed by atoms with Crippen LogP contribution in [0.2, 0.25) is 0 Å². The van der Waals surface area contributed by atoms with Crippen LogP contribution in [0.15, 0.2) is 54.7 Å². The van der Waals surface area contributed by atoms with Gasteiger partial charge in [-0.3, -0.25) is 0 Å². The Kier molecular flexibility index (Phi) is 5.59. The fourth-order valence-corrected chi connectivity index (χ4v) is 3.88. The Balaban J connectivity index is 1.57. The minimum Gasteiger partial charge on any atom is -0.507 e. The molecule has 0 fully saturated rings. The van der Waals surface area contributed by atoms with Gasteiger partial charge in [-0.15, -0.1) is 11.3 Å². The molecule has 2 N–H and O–H groups in total. The van der Waals surface area contributed by atoms with E-state index in [2.05, 4.69) is 15.0 Å². The number of carboxylic acid groups (broad SMARTS) is 1. The third kappa shape index (κ3) is 4.51. The van der Waals surface area contributed by atoms with Crippen LogP contribution in [0.4, 0.5) is 4.39 Å². The molecule has 9 heteroatoms. The van der Waals surface area contributed by atoms with Gasteiger partial charge >= 0.3 is 5.97 Å². The molecule has 4 aromatic rings. The van der Waals surface area contributed by atoms with E-state index in [1.165, 1.54) is 35.6 Å². The van der Waals surface area contributed by atoms with E-state index < -0.39 is 11.8 Å². The lowest BCUT2D eigenvalue weighted by Crippen LogP contribution is -1.97. The van der Waals surface area contributed by atoms with Crippen LogP contribution in [0, 0.1) is 12.7 Å². The number of hydrogen-bond acceptors (Lipinski definition) is 7. The largest absolute Gasteiger partial charge is 0.507 e. The van der Waals surface area contributed by atoms with Crippen molar-refractivity contribution in [1.82, 2.24) is 15.0 Å². The topological polar surface area (TPSA) is 105 Å². The van der Waals surface area contributed by atoms with Gasteiger partial charge < -0.3 is 14.9 Å². The standard InChI is InChI=1S/C22H16FN3O4S/c1-12-21(31-20(25-12)11-30-19-8-6-14(23)10-24-19)17-4-2-3-16(26-17)13-5-7-15(22(28)29)18(27)9-13/h2-10,27H,11H2,1H3,(H,28,29). The number of halogens is 1. The molecule has 3 heterocycles. The Hall–Kier alpha value is -3.85. The van der Waals surface area contributed by atoms with Crippen molar-refractivity contribution in [2.24, 2.45) is 0 Å². The SMILES string of the molecule is Cc1nc(COc2ccc(F)cn2)sc1-c1cccc(-c2ccc(C(=O)O)c(O)c2)n1. The van der Waals surface area contributed by atoms with Crippen molar-refractivity contribution in [1.29, 1.82) is 0 Å². The Morgan fingerprint density at radius 2 is 1.94 bits per heavy atom. The summed E-state index contributed by atoms with van der Waals surface area (Å²) in [5.74, 6) is -1.64. The highest BCUT2D eigenvalue weighted by molar-refractivity contribution is 7.15. The number of pyridine rings is 2. The van der Waals surface area contributed by atoms with E-state index in [9.17, 15) is 14.3 Å². The molecule has 3 aromatic heterocycles. The summed E-state index contributed by atoms with van der Waals surface area (Å²) in [7, 11) is 0. The number of aromatic hydroxyl groups is 1. The summed E-state index contributed by atoms with van der Waals surface area (Å²) >= 11 is 1.42. The Labute approximate surface area is 180 Å². The minimum absolute atomic E-state index is 0.168. The smallest absolute Gasteiger partial charge is 0.339 e. The first-order chi connectivity index (χ1) is 14.9. The number of benzene rings is 1.